The average molecular weight is 165 g/mol. The van der Waals surface area contributed by atoms with Gasteiger partial charge in [-0.1, -0.05) is 7.43 Å². The van der Waals surface area contributed by atoms with Gasteiger partial charge in [-0.15, -0.1) is 0 Å². The first-order valence-corrected chi connectivity index (χ1v) is 3.65. The second kappa shape index (κ2) is 4.43. The van der Waals surface area contributed by atoms with Crippen LogP contribution in [0.3, 0.4) is 0 Å². The number of nitrogens with one attached hydrogen (secondary N) is 1. The van der Waals surface area contributed by atoms with E-state index in [1.807, 2.05) is 0 Å². The maximum absolute atomic E-state index is 10.2. The zero-order chi connectivity index (χ0) is 6.69. The highest BCUT2D eigenvalue weighted by Gasteiger charge is 2.05. The second-order valence-corrected chi connectivity index (χ2v) is 2.60. The van der Waals surface area contributed by atoms with Crippen molar-refractivity contribution in [3.63, 3.8) is 0 Å². The third kappa shape index (κ3) is 2.47. The molecule has 4 nitrogen and oxygen atoms in total. The van der Waals surface area contributed by atoms with Crippen LogP contribution in [0.5, 0.6) is 0 Å². The molecule has 0 bridgehead atoms. The molecule has 1 aliphatic heterocycles. The summed E-state index contributed by atoms with van der Waals surface area (Å²) in [5, 5.41) is 2.70. The van der Waals surface area contributed by atoms with Gasteiger partial charge in [0, 0.05) is 6.54 Å². The van der Waals surface area contributed by atoms with E-state index in [0.717, 1.165) is 0 Å². The Labute approximate surface area is 61.7 Å². The molecule has 0 aromatic carbocycles. The number of ether oxygens (including phenoxy) is 1. The highest BCUT2D eigenvalue weighted by Crippen LogP contribution is 1.81. The van der Waals surface area contributed by atoms with Crippen molar-refractivity contribution in [2.24, 2.45) is 0 Å². The molecule has 5 heteroatoms. The first-order valence-electron chi connectivity index (χ1n) is 2.57. The van der Waals surface area contributed by atoms with Gasteiger partial charge in [0.15, 0.2) is 0 Å². The van der Waals surface area contributed by atoms with Crippen LogP contribution >= 0.6 is 0 Å². The third-order valence-corrected chi connectivity index (χ3v) is 1.67. The fourth-order valence-electron chi connectivity index (χ4n) is 0.586. The predicted octanol–water partition coefficient (Wildman–Crippen LogP) is -0.749. The molecule has 0 aromatic heterocycles. The standard InChI is InChI=1S/C4H7NO3S.CH4/c6-9(7)4-3-8-2-1-5-4;/h5H,1-3H2;1H4. The summed E-state index contributed by atoms with van der Waals surface area (Å²) in [4.78, 5) is 0.251. The number of rotatable bonds is 0. The summed E-state index contributed by atoms with van der Waals surface area (Å²) >= 11 is 0. The Morgan fingerprint density at radius 3 is 2.50 bits per heavy atom. The van der Waals surface area contributed by atoms with Crippen LogP contribution in [0.15, 0.2) is 0 Å². The molecule has 1 heterocycles. The Hall–Kier alpha value is -0.390. The topological polar surface area (TPSA) is 55.4 Å². The average Bonchev–Trinajstić information content (AvgIpc) is 1.90. The van der Waals surface area contributed by atoms with Gasteiger partial charge in [-0.25, -0.2) is 0 Å². The van der Waals surface area contributed by atoms with Gasteiger partial charge in [0.2, 0.25) is 10.3 Å². The van der Waals surface area contributed by atoms with Crippen LogP contribution in [-0.4, -0.2) is 33.2 Å². The van der Waals surface area contributed by atoms with Crippen molar-refractivity contribution in [2.45, 2.75) is 7.43 Å². The minimum atomic E-state index is -2.12. The lowest BCUT2D eigenvalue weighted by molar-refractivity contribution is 0.161. The fraction of sp³-hybridized carbons (Fsp3) is 0.800. The normalized spacial score (nSPS) is 17.8. The summed E-state index contributed by atoms with van der Waals surface area (Å²) in [6.07, 6.45) is 0. The van der Waals surface area contributed by atoms with Gasteiger partial charge >= 0.3 is 0 Å². The van der Waals surface area contributed by atoms with Crippen LogP contribution in [0.2, 0.25) is 0 Å². The van der Waals surface area contributed by atoms with Crippen LogP contribution in [0.4, 0.5) is 0 Å². The first-order chi connectivity index (χ1) is 4.30. The van der Waals surface area contributed by atoms with E-state index in [2.05, 4.69) is 5.32 Å². The van der Waals surface area contributed by atoms with Crippen molar-refractivity contribution in [1.82, 2.24) is 5.32 Å². The number of morpholine rings is 1. The Morgan fingerprint density at radius 1 is 1.50 bits per heavy atom. The second-order valence-electron chi connectivity index (χ2n) is 1.64. The van der Waals surface area contributed by atoms with Crippen molar-refractivity contribution in [2.75, 3.05) is 19.8 Å². The highest BCUT2D eigenvalue weighted by atomic mass is 32.2. The van der Waals surface area contributed by atoms with E-state index in [1.165, 1.54) is 0 Å². The molecule has 1 saturated heterocycles. The van der Waals surface area contributed by atoms with Crippen LogP contribution < -0.4 is 5.32 Å². The molecule has 1 fully saturated rings. The zero-order valence-electron chi connectivity index (χ0n) is 4.75. The molecule has 60 valence electrons. The molecular weight excluding hydrogens is 154 g/mol. The van der Waals surface area contributed by atoms with E-state index in [1.54, 1.807) is 0 Å². The van der Waals surface area contributed by atoms with Gasteiger partial charge in [-0.05, 0) is 0 Å². The monoisotopic (exact) mass is 165 g/mol. The van der Waals surface area contributed by atoms with Crippen molar-refractivity contribution in [1.29, 1.82) is 0 Å². The van der Waals surface area contributed by atoms with E-state index in [0.29, 0.717) is 13.2 Å². The molecule has 0 amide bonds. The lowest BCUT2D eigenvalue weighted by atomic mass is 10.5. The van der Waals surface area contributed by atoms with Crippen molar-refractivity contribution < 1.29 is 13.2 Å². The van der Waals surface area contributed by atoms with E-state index in [9.17, 15) is 8.42 Å². The summed E-state index contributed by atoms with van der Waals surface area (Å²) in [7, 11) is -2.12. The van der Waals surface area contributed by atoms with Gasteiger partial charge in [0.25, 0.3) is 0 Å². The van der Waals surface area contributed by atoms with Crippen molar-refractivity contribution >= 4 is 15.3 Å². The van der Waals surface area contributed by atoms with Crippen LogP contribution in [-0.2, 0) is 15.0 Å². The molecule has 10 heavy (non-hydrogen) atoms. The summed E-state index contributed by atoms with van der Waals surface area (Å²) in [5.41, 5.74) is 0. The molecule has 1 aliphatic rings. The Bertz CT molecular complexity index is 203. The van der Waals surface area contributed by atoms with Gasteiger partial charge < -0.3 is 4.74 Å². The highest BCUT2D eigenvalue weighted by molar-refractivity contribution is 7.72. The molecule has 0 radical (unpaired) electrons. The smallest absolute Gasteiger partial charge is 0.230 e. The molecule has 0 atom stereocenters. The molecule has 1 rings (SSSR count). The Kier molecular flexibility index (Phi) is 4.26. The van der Waals surface area contributed by atoms with Gasteiger partial charge in [0.1, 0.15) is 4.99 Å². The molecule has 0 saturated carbocycles. The minimum absolute atomic E-state index is 0. The molecule has 0 aliphatic carbocycles. The SMILES string of the molecule is C.O=S(=O)=C1COCCN1. The quantitative estimate of drug-likeness (QED) is 0.480. The first kappa shape index (κ1) is 9.61. The van der Waals surface area contributed by atoms with Crippen LogP contribution in [0, 0.1) is 0 Å². The van der Waals surface area contributed by atoms with E-state index >= 15 is 0 Å². The third-order valence-electron chi connectivity index (χ3n) is 1.00. The van der Waals surface area contributed by atoms with Crippen molar-refractivity contribution in [3.05, 3.63) is 0 Å². The Morgan fingerprint density at radius 2 is 2.20 bits per heavy atom. The van der Waals surface area contributed by atoms with E-state index in [4.69, 9.17) is 4.74 Å². The largest absolute Gasteiger partial charge is 0.373 e. The van der Waals surface area contributed by atoms with Gasteiger partial charge in [-0.3, -0.25) is 5.32 Å². The minimum Gasteiger partial charge on any atom is -0.373 e. The molecule has 1 N–H and O–H groups in total. The molecule has 0 spiro atoms. The summed E-state index contributed by atoms with van der Waals surface area (Å²) in [5.74, 6) is 0. The van der Waals surface area contributed by atoms with Crippen molar-refractivity contribution in [3.8, 4) is 0 Å². The van der Waals surface area contributed by atoms with E-state index in [-0.39, 0.29) is 19.0 Å². The Balaban J connectivity index is 0.000000810. The van der Waals surface area contributed by atoms with E-state index < -0.39 is 10.3 Å². The maximum Gasteiger partial charge on any atom is 0.230 e. The summed E-state index contributed by atoms with van der Waals surface area (Å²) < 4.78 is 25.2. The molecule has 0 aromatic rings. The molecule has 0 unspecified atom stereocenters. The fourth-order valence-corrected chi connectivity index (χ4v) is 0.985. The zero-order valence-corrected chi connectivity index (χ0v) is 5.57. The number of hydrogen-bond acceptors (Lipinski definition) is 3. The lowest BCUT2D eigenvalue weighted by Gasteiger charge is -2.11. The lowest BCUT2D eigenvalue weighted by Crippen LogP contribution is -2.37. The van der Waals surface area contributed by atoms with Crippen LogP contribution in [0.25, 0.3) is 0 Å². The number of hydrogen-bond donors (Lipinski definition) is 1. The van der Waals surface area contributed by atoms with Gasteiger partial charge in [0.05, 0.1) is 13.2 Å². The predicted molar refractivity (Wildman–Crippen MR) is 39.5 cm³/mol. The molecular formula is C5H11NO3S. The van der Waals surface area contributed by atoms with Gasteiger partial charge in [-0.2, -0.15) is 8.42 Å². The maximum atomic E-state index is 10.2. The summed E-state index contributed by atoms with van der Waals surface area (Å²) in [6.45, 7) is 1.36. The van der Waals surface area contributed by atoms with Crippen LogP contribution in [0.1, 0.15) is 7.43 Å². The summed E-state index contributed by atoms with van der Waals surface area (Å²) in [6, 6.07) is 0.